The molecule has 26 heavy (non-hydrogen) atoms. The lowest BCUT2D eigenvalue weighted by molar-refractivity contribution is 0.0936. The van der Waals surface area contributed by atoms with Crippen LogP contribution in [0, 0.1) is 20.8 Å². The van der Waals surface area contributed by atoms with Crippen molar-refractivity contribution >= 4 is 16.9 Å². The minimum absolute atomic E-state index is 0.0965. The van der Waals surface area contributed by atoms with E-state index in [0.29, 0.717) is 5.56 Å². The van der Waals surface area contributed by atoms with E-state index in [2.05, 4.69) is 4.98 Å². The Bertz CT molecular complexity index is 1160. The standard InChI is InChI=1S/C19H22N4O3/c1-10-7-12(3)14(8-11(10)2)16(24)13(4)23-9-20-17-15(23)18(25)22(6)19(26)21(17)5/h7-9,13H,1-6H3/t13-/m1/s1. The Labute approximate surface area is 150 Å². The van der Waals surface area contributed by atoms with Gasteiger partial charge in [-0.2, -0.15) is 0 Å². The number of aryl methyl sites for hydroxylation is 4. The molecule has 7 heteroatoms. The molecule has 2 heterocycles. The zero-order valence-corrected chi connectivity index (χ0v) is 15.8. The number of nitrogens with zero attached hydrogens (tertiary/aromatic N) is 4. The lowest BCUT2D eigenvalue weighted by Crippen LogP contribution is -2.38. The number of carbonyl (C=O) groups excluding carboxylic acids is 1. The Morgan fingerprint density at radius 3 is 2.27 bits per heavy atom. The molecule has 1 atom stereocenters. The Morgan fingerprint density at radius 1 is 1.00 bits per heavy atom. The molecule has 0 aliphatic heterocycles. The lowest BCUT2D eigenvalue weighted by atomic mass is 9.95. The predicted octanol–water partition coefficient (Wildman–Crippen LogP) is 1.80. The molecule has 0 fully saturated rings. The summed E-state index contributed by atoms with van der Waals surface area (Å²) in [4.78, 5) is 41.9. The van der Waals surface area contributed by atoms with Gasteiger partial charge in [-0.05, 0) is 50.5 Å². The van der Waals surface area contributed by atoms with Gasteiger partial charge in [0.2, 0.25) is 0 Å². The first-order chi connectivity index (χ1) is 12.1. The molecule has 0 saturated carbocycles. The molecule has 2 aromatic heterocycles. The molecule has 0 spiro atoms. The van der Waals surface area contributed by atoms with Crippen molar-refractivity contribution in [3.63, 3.8) is 0 Å². The summed E-state index contributed by atoms with van der Waals surface area (Å²) in [6, 6.07) is 3.26. The van der Waals surface area contributed by atoms with Crippen molar-refractivity contribution in [3.8, 4) is 0 Å². The molecule has 136 valence electrons. The molecule has 7 nitrogen and oxygen atoms in total. The molecule has 0 N–H and O–H groups in total. The summed E-state index contributed by atoms with van der Waals surface area (Å²) in [5, 5.41) is 0. The van der Waals surface area contributed by atoms with E-state index in [4.69, 9.17) is 0 Å². The smallest absolute Gasteiger partial charge is 0.314 e. The molecule has 3 aromatic rings. The summed E-state index contributed by atoms with van der Waals surface area (Å²) in [5.41, 5.74) is 3.31. The number of hydrogen-bond acceptors (Lipinski definition) is 4. The van der Waals surface area contributed by atoms with E-state index in [1.165, 1.54) is 17.9 Å². The van der Waals surface area contributed by atoms with Crippen molar-refractivity contribution in [1.29, 1.82) is 0 Å². The Kier molecular flexibility index (Phi) is 4.18. The quantitative estimate of drug-likeness (QED) is 0.672. The summed E-state index contributed by atoms with van der Waals surface area (Å²) in [7, 11) is 2.98. The minimum atomic E-state index is -0.619. The molecule has 0 radical (unpaired) electrons. The van der Waals surface area contributed by atoms with Crippen molar-refractivity contribution in [2.75, 3.05) is 0 Å². The first kappa shape index (κ1) is 17.8. The van der Waals surface area contributed by atoms with E-state index in [1.807, 2.05) is 32.9 Å². The van der Waals surface area contributed by atoms with Crippen molar-refractivity contribution in [2.45, 2.75) is 33.7 Å². The van der Waals surface area contributed by atoms with Crippen LogP contribution >= 0.6 is 0 Å². The van der Waals surface area contributed by atoms with Crippen LogP contribution < -0.4 is 11.2 Å². The molecule has 3 rings (SSSR count). The monoisotopic (exact) mass is 354 g/mol. The number of benzene rings is 1. The van der Waals surface area contributed by atoms with Crippen LogP contribution in [-0.2, 0) is 14.1 Å². The highest BCUT2D eigenvalue weighted by molar-refractivity contribution is 6.01. The summed E-state index contributed by atoms with van der Waals surface area (Å²) >= 11 is 0. The number of imidazole rings is 1. The van der Waals surface area contributed by atoms with Crippen LogP contribution in [-0.4, -0.2) is 24.5 Å². The molecule has 0 bridgehead atoms. The fraction of sp³-hybridized carbons (Fsp3) is 0.368. The summed E-state index contributed by atoms with van der Waals surface area (Å²) in [6.45, 7) is 7.62. The molecular formula is C19H22N4O3. The maximum atomic E-state index is 13.1. The highest BCUT2D eigenvalue weighted by Gasteiger charge is 2.24. The van der Waals surface area contributed by atoms with Crippen molar-refractivity contribution in [1.82, 2.24) is 18.7 Å². The normalized spacial score (nSPS) is 12.5. The van der Waals surface area contributed by atoms with E-state index >= 15 is 0 Å². The van der Waals surface area contributed by atoms with Gasteiger partial charge in [0.1, 0.15) is 0 Å². The van der Waals surface area contributed by atoms with Gasteiger partial charge in [-0.1, -0.05) is 6.07 Å². The largest absolute Gasteiger partial charge is 0.332 e. The fourth-order valence-electron chi connectivity index (χ4n) is 3.24. The molecule has 0 amide bonds. The third-order valence-electron chi connectivity index (χ3n) is 5.08. The van der Waals surface area contributed by atoms with E-state index in [9.17, 15) is 14.4 Å². The summed E-state index contributed by atoms with van der Waals surface area (Å²) < 4.78 is 3.89. The van der Waals surface area contributed by atoms with Gasteiger partial charge in [0.15, 0.2) is 16.9 Å². The maximum absolute atomic E-state index is 13.1. The van der Waals surface area contributed by atoms with E-state index < -0.39 is 17.3 Å². The highest BCUT2D eigenvalue weighted by atomic mass is 16.2. The zero-order chi connectivity index (χ0) is 19.3. The Balaban J connectivity index is 2.19. The second-order valence-electron chi connectivity index (χ2n) is 6.82. The van der Waals surface area contributed by atoms with E-state index in [-0.39, 0.29) is 16.9 Å². The number of carbonyl (C=O) groups is 1. The van der Waals surface area contributed by atoms with E-state index in [1.54, 1.807) is 18.5 Å². The molecular weight excluding hydrogens is 332 g/mol. The lowest BCUT2D eigenvalue weighted by Gasteiger charge is -2.16. The van der Waals surface area contributed by atoms with Gasteiger partial charge in [-0.25, -0.2) is 9.78 Å². The topological polar surface area (TPSA) is 78.9 Å². The van der Waals surface area contributed by atoms with Gasteiger partial charge in [0.25, 0.3) is 5.56 Å². The zero-order valence-electron chi connectivity index (χ0n) is 15.8. The van der Waals surface area contributed by atoms with Crippen molar-refractivity contribution < 1.29 is 4.79 Å². The first-order valence-electron chi connectivity index (χ1n) is 8.39. The van der Waals surface area contributed by atoms with Gasteiger partial charge in [-0.15, -0.1) is 0 Å². The van der Waals surface area contributed by atoms with Crippen LogP contribution in [0.3, 0.4) is 0 Å². The number of Topliss-reactive ketones (excluding diaryl/α,β-unsaturated/α-hetero) is 1. The van der Waals surface area contributed by atoms with Crippen LogP contribution in [0.25, 0.3) is 11.2 Å². The van der Waals surface area contributed by atoms with Gasteiger partial charge in [0.05, 0.1) is 12.4 Å². The molecule has 0 aliphatic carbocycles. The molecule has 0 saturated heterocycles. The minimum Gasteiger partial charge on any atom is -0.314 e. The molecule has 1 aromatic carbocycles. The third kappa shape index (κ3) is 2.51. The van der Waals surface area contributed by atoms with Crippen LogP contribution in [0.15, 0.2) is 28.0 Å². The number of hydrogen-bond donors (Lipinski definition) is 0. The van der Waals surface area contributed by atoms with Gasteiger partial charge < -0.3 is 4.57 Å². The molecule has 0 aliphatic rings. The second kappa shape index (κ2) is 6.09. The summed E-state index contributed by atoms with van der Waals surface area (Å²) in [5.74, 6) is -0.0965. The van der Waals surface area contributed by atoms with Crippen LogP contribution in [0.4, 0.5) is 0 Å². The number of fused-ring (bicyclic) bond motifs is 1. The van der Waals surface area contributed by atoms with Gasteiger partial charge >= 0.3 is 5.69 Å². The third-order valence-corrected chi connectivity index (χ3v) is 5.08. The van der Waals surface area contributed by atoms with Crippen molar-refractivity contribution in [2.24, 2.45) is 14.1 Å². The van der Waals surface area contributed by atoms with Crippen LogP contribution in [0.1, 0.15) is 40.0 Å². The average molecular weight is 354 g/mol. The Morgan fingerprint density at radius 2 is 1.62 bits per heavy atom. The maximum Gasteiger partial charge on any atom is 0.332 e. The highest BCUT2D eigenvalue weighted by Crippen LogP contribution is 2.22. The fourth-order valence-corrected chi connectivity index (χ4v) is 3.24. The van der Waals surface area contributed by atoms with Crippen LogP contribution in [0.5, 0.6) is 0 Å². The first-order valence-corrected chi connectivity index (χ1v) is 8.39. The Hall–Kier alpha value is -2.96. The van der Waals surface area contributed by atoms with Crippen molar-refractivity contribution in [3.05, 3.63) is 61.6 Å². The number of ketones is 1. The average Bonchev–Trinajstić information content (AvgIpc) is 3.05. The van der Waals surface area contributed by atoms with Gasteiger partial charge in [-0.3, -0.25) is 18.7 Å². The molecule has 0 unspecified atom stereocenters. The number of rotatable bonds is 3. The second-order valence-corrected chi connectivity index (χ2v) is 6.82. The number of aromatic nitrogens is 4. The summed E-state index contributed by atoms with van der Waals surface area (Å²) in [6.07, 6.45) is 1.45. The van der Waals surface area contributed by atoms with Gasteiger partial charge in [0, 0.05) is 19.7 Å². The van der Waals surface area contributed by atoms with Crippen LogP contribution in [0.2, 0.25) is 0 Å². The SMILES string of the molecule is Cc1cc(C)c(C(=O)[C@@H](C)n2cnc3c2c(=O)n(C)c(=O)n3C)cc1C. The predicted molar refractivity (Wildman–Crippen MR) is 99.9 cm³/mol. The van der Waals surface area contributed by atoms with E-state index in [0.717, 1.165) is 21.3 Å².